The Labute approximate surface area is 129 Å². The highest BCUT2D eigenvalue weighted by Gasteiger charge is 2.19. The maximum Gasteiger partial charge on any atom is -0.00201 e. The molecule has 110 valence electrons. The smallest absolute Gasteiger partial charge is 0.00201 e. The second-order valence-corrected chi connectivity index (χ2v) is 6.59. The van der Waals surface area contributed by atoms with Crippen LogP contribution in [0.3, 0.4) is 0 Å². The van der Waals surface area contributed by atoms with Gasteiger partial charge >= 0.3 is 0 Å². The van der Waals surface area contributed by atoms with Gasteiger partial charge in [0.05, 0.1) is 0 Å². The number of hydrogen-bond donors (Lipinski definition) is 0. The largest absolute Gasteiger partial charge is 0.0689 e. The number of hydrogen-bond acceptors (Lipinski definition) is 0. The van der Waals surface area contributed by atoms with Gasteiger partial charge in [-0.25, -0.2) is 0 Å². The zero-order valence-electron chi connectivity index (χ0n) is 13.4. The van der Waals surface area contributed by atoms with Gasteiger partial charge in [-0.05, 0) is 61.3 Å². The minimum Gasteiger partial charge on any atom is -0.0689 e. The highest BCUT2D eigenvalue weighted by atomic mass is 14.2. The first-order chi connectivity index (χ1) is 10.3. The predicted octanol–water partition coefficient (Wildman–Crippen LogP) is 6.36. The number of unbranched alkanes of at least 4 members (excludes halogenated alkanes) is 2. The van der Waals surface area contributed by atoms with E-state index in [0.717, 1.165) is 12.8 Å². The molecule has 0 spiro atoms. The van der Waals surface area contributed by atoms with Crippen molar-refractivity contribution < 1.29 is 0 Å². The van der Waals surface area contributed by atoms with Crippen LogP contribution in [-0.4, -0.2) is 0 Å². The predicted molar refractivity (Wildman–Crippen MR) is 92.2 cm³/mol. The first kappa shape index (κ1) is 14.4. The number of rotatable bonds is 6. The lowest BCUT2D eigenvalue weighted by atomic mass is 9.95. The molecule has 0 nitrogen and oxygen atoms in total. The molecular formula is C21H26. The second kappa shape index (κ2) is 6.47. The van der Waals surface area contributed by atoms with E-state index in [1.807, 2.05) is 0 Å². The third kappa shape index (κ3) is 3.37. The Bertz CT molecular complexity index is 600. The fraction of sp³-hybridized carbons (Fsp3) is 0.429. The standard InChI is InChI=1S/C21H26/c1-3-4-5-6-17-8-10-19(14-17)21-12-11-20(15-21)18-9-7-16(2)13-18/h7-12H,3-6,13-15H2,1-2H3. The van der Waals surface area contributed by atoms with E-state index < -0.39 is 0 Å². The molecule has 0 unspecified atom stereocenters. The molecule has 0 radical (unpaired) electrons. The van der Waals surface area contributed by atoms with E-state index in [0.29, 0.717) is 0 Å². The quantitative estimate of drug-likeness (QED) is 0.496. The van der Waals surface area contributed by atoms with E-state index in [9.17, 15) is 0 Å². The lowest BCUT2D eigenvalue weighted by Crippen LogP contribution is -1.91. The molecule has 3 aliphatic rings. The third-order valence-corrected chi connectivity index (χ3v) is 4.77. The molecule has 0 aliphatic heterocycles. The maximum atomic E-state index is 2.37. The van der Waals surface area contributed by atoms with E-state index in [2.05, 4.69) is 50.3 Å². The first-order valence-electron chi connectivity index (χ1n) is 8.41. The minimum absolute atomic E-state index is 1.13. The summed E-state index contributed by atoms with van der Waals surface area (Å²) in [4.78, 5) is 0. The van der Waals surface area contributed by atoms with Crippen molar-refractivity contribution in [3.8, 4) is 0 Å². The maximum absolute atomic E-state index is 2.37. The third-order valence-electron chi connectivity index (χ3n) is 4.77. The molecule has 0 fully saturated rings. The van der Waals surface area contributed by atoms with Crippen LogP contribution < -0.4 is 0 Å². The molecule has 3 aliphatic carbocycles. The van der Waals surface area contributed by atoms with Crippen molar-refractivity contribution in [3.63, 3.8) is 0 Å². The highest BCUT2D eigenvalue weighted by Crippen LogP contribution is 2.38. The molecule has 0 saturated heterocycles. The fourth-order valence-electron chi connectivity index (χ4n) is 3.42. The van der Waals surface area contributed by atoms with Gasteiger partial charge in [0.15, 0.2) is 0 Å². The summed E-state index contributed by atoms with van der Waals surface area (Å²) in [6.45, 7) is 4.50. The Morgan fingerprint density at radius 3 is 2.00 bits per heavy atom. The van der Waals surface area contributed by atoms with E-state index in [1.165, 1.54) is 54.4 Å². The van der Waals surface area contributed by atoms with Crippen LogP contribution in [0.1, 0.15) is 58.8 Å². The molecule has 3 rings (SSSR count). The van der Waals surface area contributed by atoms with Crippen LogP contribution in [0.5, 0.6) is 0 Å². The highest BCUT2D eigenvalue weighted by molar-refractivity contribution is 5.55. The van der Waals surface area contributed by atoms with Gasteiger partial charge in [-0.2, -0.15) is 0 Å². The van der Waals surface area contributed by atoms with Gasteiger partial charge in [-0.3, -0.25) is 0 Å². The molecule has 0 saturated carbocycles. The summed E-state index contributed by atoms with van der Waals surface area (Å²) in [6, 6.07) is 0. The normalized spacial score (nSPS) is 20.9. The zero-order chi connectivity index (χ0) is 14.7. The monoisotopic (exact) mass is 278 g/mol. The summed E-state index contributed by atoms with van der Waals surface area (Å²) in [7, 11) is 0. The average Bonchev–Trinajstić information content (AvgIpc) is 3.17. The van der Waals surface area contributed by atoms with Crippen LogP contribution in [-0.2, 0) is 0 Å². The lowest BCUT2D eigenvalue weighted by molar-refractivity contribution is 0.707. The van der Waals surface area contributed by atoms with Crippen LogP contribution in [0.4, 0.5) is 0 Å². The summed E-state index contributed by atoms with van der Waals surface area (Å²) in [5.74, 6) is 0. The molecule has 0 bridgehead atoms. The summed E-state index contributed by atoms with van der Waals surface area (Å²) >= 11 is 0. The second-order valence-electron chi connectivity index (χ2n) is 6.59. The van der Waals surface area contributed by atoms with Crippen molar-refractivity contribution in [2.24, 2.45) is 0 Å². The molecule has 0 amide bonds. The van der Waals surface area contributed by atoms with Crippen LogP contribution in [0.25, 0.3) is 0 Å². The lowest BCUT2D eigenvalue weighted by Gasteiger charge is -2.09. The van der Waals surface area contributed by atoms with E-state index in [4.69, 9.17) is 0 Å². The van der Waals surface area contributed by atoms with Gasteiger partial charge in [-0.1, -0.05) is 67.4 Å². The molecule has 0 atom stereocenters. The van der Waals surface area contributed by atoms with Crippen molar-refractivity contribution in [1.82, 2.24) is 0 Å². The van der Waals surface area contributed by atoms with Crippen LogP contribution in [0, 0.1) is 0 Å². The molecule has 0 N–H and O–H groups in total. The Balaban J connectivity index is 1.49. The first-order valence-corrected chi connectivity index (χ1v) is 8.41. The molecular weight excluding hydrogens is 252 g/mol. The van der Waals surface area contributed by atoms with Gasteiger partial charge in [-0.15, -0.1) is 0 Å². The minimum atomic E-state index is 1.13. The van der Waals surface area contributed by atoms with Crippen LogP contribution in [0.2, 0.25) is 0 Å². The van der Waals surface area contributed by atoms with Gasteiger partial charge in [0.1, 0.15) is 0 Å². The van der Waals surface area contributed by atoms with E-state index >= 15 is 0 Å². The average molecular weight is 278 g/mol. The Kier molecular flexibility index (Phi) is 4.43. The molecule has 0 heterocycles. The van der Waals surface area contributed by atoms with Gasteiger partial charge in [0.2, 0.25) is 0 Å². The van der Waals surface area contributed by atoms with Crippen LogP contribution >= 0.6 is 0 Å². The summed E-state index contributed by atoms with van der Waals surface area (Å²) in [5, 5.41) is 0. The van der Waals surface area contributed by atoms with Crippen LogP contribution in [0.15, 0.2) is 69.9 Å². The SMILES string of the molecule is CCCCCC1=CC=C(C2=CC=C(C3=CC=C(C)C3)C2)C1. The Morgan fingerprint density at radius 1 is 0.714 bits per heavy atom. The van der Waals surface area contributed by atoms with E-state index in [1.54, 1.807) is 11.1 Å². The van der Waals surface area contributed by atoms with Crippen molar-refractivity contribution in [2.45, 2.75) is 58.8 Å². The summed E-state index contributed by atoms with van der Waals surface area (Å²) in [5.41, 5.74) is 9.25. The van der Waals surface area contributed by atoms with Crippen molar-refractivity contribution in [1.29, 1.82) is 0 Å². The summed E-state index contributed by atoms with van der Waals surface area (Å²) < 4.78 is 0. The Morgan fingerprint density at radius 2 is 1.33 bits per heavy atom. The molecule has 0 aromatic rings. The molecule has 0 aromatic heterocycles. The van der Waals surface area contributed by atoms with E-state index in [-0.39, 0.29) is 0 Å². The molecule has 21 heavy (non-hydrogen) atoms. The van der Waals surface area contributed by atoms with Crippen molar-refractivity contribution in [2.75, 3.05) is 0 Å². The number of allylic oxidation sites excluding steroid dienone is 12. The fourth-order valence-corrected chi connectivity index (χ4v) is 3.42. The van der Waals surface area contributed by atoms with Gasteiger partial charge in [0.25, 0.3) is 0 Å². The Hall–Kier alpha value is -1.56. The van der Waals surface area contributed by atoms with Crippen molar-refractivity contribution >= 4 is 0 Å². The van der Waals surface area contributed by atoms with Gasteiger partial charge in [0, 0.05) is 0 Å². The molecule has 0 heteroatoms. The molecule has 0 aromatic carbocycles. The zero-order valence-corrected chi connectivity index (χ0v) is 13.4. The van der Waals surface area contributed by atoms with Crippen molar-refractivity contribution in [3.05, 3.63) is 69.9 Å². The topological polar surface area (TPSA) is 0 Å². The summed E-state index contributed by atoms with van der Waals surface area (Å²) in [6.07, 6.45) is 22.7. The van der Waals surface area contributed by atoms with Gasteiger partial charge < -0.3 is 0 Å².